The van der Waals surface area contributed by atoms with Crippen LogP contribution in [-0.2, 0) is 4.79 Å². The molecule has 96 valence electrons. The van der Waals surface area contributed by atoms with Gasteiger partial charge in [0.05, 0.1) is 12.2 Å². The van der Waals surface area contributed by atoms with Gasteiger partial charge in [-0.3, -0.25) is 4.79 Å². The van der Waals surface area contributed by atoms with Gasteiger partial charge in [-0.25, -0.2) is 4.79 Å². The molecule has 0 aliphatic heterocycles. The minimum absolute atomic E-state index is 0.00863. The number of ketones is 1. The molecule has 5 heteroatoms. The number of halogens is 1. The molecule has 2 rings (SSSR count). The average Bonchev–Trinajstić information content (AvgIpc) is 2.27. The second-order valence-electron chi connectivity index (χ2n) is 4.38. The van der Waals surface area contributed by atoms with E-state index in [2.05, 4.69) is 0 Å². The molecular weight excluding hydrogens is 256 g/mol. The maximum Gasteiger partial charge on any atom is 0.377 e. The van der Waals surface area contributed by atoms with Gasteiger partial charge in [0, 0.05) is 5.02 Å². The Bertz CT molecular complexity index is 480. The van der Waals surface area contributed by atoms with Crippen molar-refractivity contribution in [3.8, 4) is 5.75 Å². The topological polar surface area (TPSA) is 63.6 Å². The van der Waals surface area contributed by atoms with Crippen molar-refractivity contribution in [3.63, 3.8) is 0 Å². The number of hydrogen-bond donors (Lipinski definition) is 1. The van der Waals surface area contributed by atoms with Gasteiger partial charge in [-0.05, 0) is 37.0 Å². The van der Waals surface area contributed by atoms with Gasteiger partial charge in [0.1, 0.15) is 5.75 Å². The van der Waals surface area contributed by atoms with Gasteiger partial charge >= 0.3 is 5.97 Å². The SMILES string of the molecule is O=C(O)C(=O)c1cc(Cl)ccc1OCC1CCC1. The lowest BCUT2D eigenvalue weighted by Crippen LogP contribution is -2.21. The molecule has 18 heavy (non-hydrogen) atoms. The Balaban J connectivity index is 2.16. The summed E-state index contributed by atoms with van der Waals surface area (Å²) in [6, 6.07) is 4.45. The summed E-state index contributed by atoms with van der Waals surface area (Å²) < 4.78 is 5.52. The third kappa shape index (κ3) is 2.82. The van der Waals surface area contributed by atoms with Crippen LogP contribution in [0.15, 0.2) is 18.2 Å². The molecule has 0 radical (unpaired) electrons. The summed E-state index contributed by atoms with van der Waals surface area (Å²) in [5.41, 5.74) is 0.00863. The van der Waals surface area contributed by atoms with E-state index in [0.29, 0.717) is 23.3 Å². The first-order valence-corrected chi connectivity index (χ1v) is 6.15. The van der Waals surface area contributed by atoms with Crippen LogP contribution >= 0.6 is 11.6 Å². The van der Waals surface area contributed by atoms with Crippen LogP contribution < -0.4 is 4.74 Å². The average molecular weight is 269 g/mol. The molecule has 1 aromatic carbocycles. The quantitative estimate of drug-likeness (QED) is 0.659. The van der Waals surface area contributed by atoms with Crippen LogP contribution in [0, 0.1) is 5.92 Å². The molecule has 1 aliphatic rings. The highest BCUT2D eigenvalue weighted by Crippen LogP contribution is 2.29. The van der Waals surface area contributed by atoms with Crippen LogP contribution in [0.2, 0.25) is 5.02 Å². The molecule has 0 spiro atoms. The molecule has 4 nitrogen and oxygen atoms in total. The van der Waals surface area contributed by atoms with Crippen LogP contribution in [0.5, 0.6) is 5.75 Å². The number of carbonyl (C=O) groups excluding carboxylic acids is 1. The normalized spacial score (nSPS) is 14.9. The number of carbonyl (C=O) groups is 2. The molecule has 0 atom stereocenters. The summed E-state index contributed by atoms with van der Waals surface area (Å²) >= 11 is 5.77. The standard InChI is InChI=1S/C13H13ClO4/c14-9-4-5-11(18-7-8-2-1-3-8)10(6-9)12(15)13(16)17/h4-6,8H,1-3,7H2,(H,16,17). The molecule has 0 heterocycles. The second-order valence-corrected chi connectivity index (χ2v) is 4.82. The van der Waals surface area contributed by atoms with E-state index in [1.165, 1.54) is 18.6 Å². The Morgan fingerprint density at radius 3 is 2.67 bits per heavy atom. The van der Waals surface area contributed by atoms with Crippen molar-refractivity contribution in [2.75, 3.05) is 6.61 Å². The molecule has 1 aliphatic carbocycles. The number of aliphatic carboxylic acids is 1. The van der Waals surface area contributed by atoms with E-state index in [4.69, 9.17) is 21.4 Å². The third-order valence-corrected chi connectivity index (χ3v) is 3.31. The lowest BCUT2D eigenvalue weighted by molar-refractivity contribution is -0.131. The fraction of sp³-hybridized carbons (Fsp3) is 0.385. The zero-order chi connectivity index (χ0) is 13.1. The summed E-state index contributed by atoms with van der Waals surface area (Å²) in [5, 5.41) is 9.05. The predicted molar refractivity (Wildman–Crippen MR) is 66.3 cm³/mol. The summed E-state index contributed by atoms with van der Waals surface area (Å²) in [5.74, 6) is -1.71. The highest BCUT2D eigenvalue weighted by atomic mass is 35.5. The summed E-state index contributed by atoms with van der Waals surface area (Å²) in [4.78, 5) is 22.2. The molecular formula is C13H13ClO4. The Hall–Kier alpha value is -1.55. The molecule has 1 aromatic rings. The number of Topliss-reactive ketones (excluding diaryl/α,β-unsaturated/α-hetero) is 1. The van der Waals surface area contributed by atoms with Gasteiger partial charge in [-0.15, -0.1) is 0 Å². The van der Waals surface area contributed by atoms with E-state index in [1.54, 1.807) is 6.07 Å². The van der Waals surface area contributed by atoms with E-state index in [1.807, 2.05) is 0 Å². The maximum atomic E-state index is 11.5. The van der Waals surface area contributed by atoms with Crippen molar-refractivity contribution in [3.05, 3.63) is 28.8 Å². The lowest BCUT2D eigenvalue weighted by atomic mass is 9.86. The third-order valence-electron chi connectivity index (χ3n) is 3.08. The monoisotopic (exact) mass is 268 g/mol. The number of rotatable bonds is 5. The lowest BCUT2D eigenvalue weighted by Gasteiger charge is -2.25. The number of carboxylic acid groups (broad SMARTS) is 1. The highest BCUT2D eigenvalue weighted by molar-refractivity contribution is 6.41. The van der Waals surface area contributed by atoms with Crippen LogP contribution in [0.1, 0.15) is 29.6 Å². The Morgan fingerprint density at radius 1 is 1.39 bits per heavy atom. The van der Waals surface area contributed by atoms with E-state index in [-0.39, 0.29) is 5.56 Å². The molecule has 0 bridgehead atoms. The Morgan fingerprint density at radius 2 is 2.11 bits per heavy atom. The van der Waals surface area contributed by atoms with Crippen molar-refractivity contribution in [2.24, 2.45) is 5.92 Å². The Kier molecular flexibility index (Phi) is 3.87. The van der Waals surface area contributed by atoms with Crippen LogP contribution in [0.25, 0.3) is 0 Å². The van der Waals surface area contributed by atoms with Crippen molar-refractivity contribution in [1.29, 1.82) is 0 Å². The van der Waals surface area contributed by atoms with Crippen molar-refractivity contribution in [1.82, 2.24) is 0 Å². The van der Waals surface area contributed by atoms with E-state index in [0.717, 1.165) is 12.8 Å². The molecule has 0 saturated heterocycles. The van der Waals surface area contributed by atoms with E-state index < -0.39 is 11.8 Å². The first kappa shape index (κ1) is 12.9. The molecule has 0 amide bonds. The van der Waals surface area contributed by atoms with Crippen LogP contribution in [-0.4, -0.2) is 23.5 Å². The maximum absolute atomic E-state index is 11.5. The van der Waals surface area contributed by atoms with Gasteiger partial charge < -0.3 is 9.84 Å². The first-order chi connectivity index (χ1) is 8.58. The van der Waals surface area contributed by atoms with Crippen molar-refractivity contribution in [2.45, 2.75) is 19.3 Å². The van der Waals surface area contributed by atoms with Gasteiger partial charge in [0.25, 0.3) is 5.78 Å². The van der Waals surface area contributed by atoms with Crippen molar-refractivity contribution >= 4 is 23.4 Å². The molecule has 1 saturated carbocycles. The highest BCUT2D eigenvalue weighted by Gasteiger charge is 2.22. The van der Waals surface area contributed by atoms with Crippen LogP contribution in [0.4, 0.5) is 0 Å². The van der Waals surface area contributed by atoms with E-state index >= 15 is 0 Å². The first-order valence-electron chi connectivity index (χ1n) is 5.78. The smallest absolute Gasteiger partial charge is 0.377 e. The molecule has 1 fully saturated rings. The van der Waals surface area contributed by atoms with Gasteiger partial charge in [-0.2, -0.15) is 0 Å². The number of hydrogen-bond acceptors (Lipinski definition) is 3. The summed E-state index contributed by atoms with van der Waals surface area (Å²) in [6.45, 7) is 0.515. The van der Waals surface area contributed by atoms with Crippen LogP contribution in [0.3, 0.4) is 0 Å². The number of carboxylic acids is 1. The second kappa shape index (κ2) is 5.40. The largest absolute Gasteiger partial charge is 0.493 e. The fourth-order valence-electron chi connectivity index (χ4n) is 1.79. The summed E-state index contributed by atoms with van der Waals surface area (Å²) in [6.07, 6.45) is 3.45. The molecule has 0 aromatic heterocycles. The Labute approximate surface area is 110 Å². The fourth-order valence-corrected chi connectivity index (χ4v) is 1.96. The van der Waals surface area contributed by atoms with Gasteiger partial charge in [0.15, 0.2) is 0 Å². The van der Waals surface area contributed by atoms with Gasteiger partial charge in [0.2, 0.25) is 0 Å². The molecule has 0 unspecified atom stereocenters. The van der Waals surface area contributed by atoms with Gasteiger partial charge in [-0.1, -0.05) is 18.0 Å². The minimum atomic E-state index is -1.51. The minimum Gasteiger partial charge on any atom is -0.493 e. The zero-order valence-corrected chi connectivity index (χ0v) is 10.4. The zero-order valence-electron chi connectivity index (χ0n) is 9.69. The predicted octanol–water partition coefficient (Wildman–Crippen LogP) is 2.79. The number of benzene rings is 1. The summed E-state index contributed by atoms with van der Waals surface area (Å²) in [7, 11) is 0. The van der Waals surface area contributed by atoms with E-state index in [9.17, 15) is 9.59 Å². The number of ether oxygens (including phenoxy) is 1. The van der Waals surface area contributed by atoms with Crippen molar-refractivity contribution < 1.29 is 19.4 Å². The molecule has 1 N–H and O–H groups in total.